The number of hydroxylamine groups is 1. The van der Waals surface area contributed by atoms with E-state index in [-0.39, 0.29) is 5.91 Å². The second kappa shape index (κ2) is 9.04. The zero-order chi connectivity index (χ0) is 17.6. The Morgan fingerprint density at radius 2 is 1.41 bits per heavy atom. The van der Waals surface area contributed by atoms with E-state index in [1.54, 1.807) is 4.73 Å². The molecule has 0 atom stereocenters. The van der Waals surface area contributed by atoms with Crippen molar-refractivity contribution in [1.82, 2.24) is 4.73 Å². The van der Waals surface area contributed by atoms with Gasteiger partial charge in [0.15, 0.2) is 0 Å². The van der Waals surface area contributed by atoms with Crippen molar-refractivity contribution >= 4 is 35.7 Å². The van der Waals surface area contributed by atoms with Crippen LogP contribution in [-0.2, 0) is 9.32 Å². The van der Waals surface area contributed by atoms with E-state index in [0.717, 1.165) is 6.42 Å². The van der Waals surface area contributed by atoms with Gasteiger partial charge in [0.25, 0.3) is 0 Å². The number of hydrogen-bond donors (Lipinski definition) is 0. The molecule has 0 fully saturated rings. The number of nitrogens with zero attached hydrogens (tertiary/aromatic N) is 1. The van der Waals surface area contributed by atoms with Crippen molar-refractivity contribution < 1.29 is 9.32 Å². The predicted octanol–water partition coefficient (Wildman–Crippen LogP) is 5.71. The van der Waals surface area contributed by atoms with Gasteiger partial charge >= 0.3 is 144 Å². The van der Waals surface area contributed by atoms with E-state index in [0.29, 0.717) is 6.42 Å². The molecule has 0 heterocycles. The van der Waals surface area contributed by atoms with Crippen molar-refractivity contribution in [2.45, 2.75) is 93.9 Å². The Balaban J connectivity index is 4.72. The molecule has 0 bridgehead atoms. The number of carbonyl (C=O) groups excluding carboxylic acids is 1. The fourth-order valence-corrected chi connectivity index (χ4v) is 13.6. The van der Waals surface area contributed by atoms with E-state index in [4.69, 9.17) is 4.53 Å². The van der Waals surface area contributed by atoms with Crippen molar-refractivity contribution in [3.8, 4) is 0 Å². The first-order valence-electron chi connectivity index (χ1n) is 8.93. The normalized spacial score (nSPS) is 13.3. The van der Waals surface area contributed by atoms with Gasteiger partial charge in [-0.25, -0.2) is 0 Å². The van der Waals surface area contributed by atoms with Gasteiger partial charge in [-0.05, 0) is 0 Å². The topological polar surface area (TPSA) is 29.5 Å². The van der Waals surface area contributed by atoms with E-state index in [9.17, 15) is 4.79 Å². The molecule has 0 aromatic carbocycles. The molecule has 0 aromatic heterocycles. The number of rotatable bonds is 10. The number of carbonyl (C=O) groups is 1. The van der Waals surface area contributed by atoms with Crippen LogP contribution in [0.5, 0.6) is 0 Å². The minimum absolute atomic E-state index is 0.223. The zero-order valence-electron chi connectivity index (χ0n) is 16.5. The first kappa shape index (κ1) is 22.4. The van der Waals surface area contributed by atoms with Gasteiger partial charge in [0.2, 0.25) is 0 Å². The molecule has 6 heteroatoms. The summed E-state index contributed by atoms with van der Waals surface area (Å²) in [6.45, 7) is 20.1. The summed E-state index contributed by atoms with van der Waals surface area (Å²) in [6, 6.07) is 0. The van der Waals surface area contributed by atoms with Crippen LogP contribution in [0.4, 0.5) is 0 Å². The SMILES string of the molecule is C[CH2][Ge]([CH2]C)([CH2]C)[CH2]CCC(=O)N(O[Si](C)(C)C)[Si](C)(C)C. The van der Waals surface area contributed by atoms with Gasteiger partial charge in [0, 0.05) is 0 Å². The molecule has 0 spiro atoms. The Kier molecular flexibility index (Phi) is 9.20. The summed E-state index contributed by atoms with van der Waals surface area (Å²) < 4.78 is 7.93. The van der Waals surface area contributed by atoms with Crippen LogP contribution in [0.1, 0.15) is 33.6 Å². The number of amides is 1. The van der Waals surface area contributed by atoms with E-state index >= 15 is 0 Å². The summed E-state index contributed by atoms with van der Waals surface area (Å²) in [6.07, 6.45) is 1.73. The van der Waals surface area contributed by atoms with Gasteiger partial charge in [-0.1, -0.05) is 0 Å². The first-order chi connectivity index (χ1) is 9.90. The summed E-state index contributed by atoms with van der Waals surface area (Å²) in [5.41, 5.74) is 0. The first-order valence-corrected chi connectivity index (χ1v) is 21.7. The molecule has 132 valence electrons. The summed E-state index contributed by atoms with van der Waals surface area (Å²) in [5, 5.41) is 5.51. The molecule has 0 aliphatic carbocycles. The zero-order valence-corrected chi connectivity index (χ0v) is 20.6. The third-order valence-electron chi connectivity index (χ3n) is 4.55. The van der Waals surface area contributed by atoms with Crippen LogP contribution in [0.25, 0.3) is 0 Å². The van der Waals surface area contributed by atoms with Crippen LogP contribution in [0.3, 0.4) is 0 Å². The third kappa shape index (κ3) is 7.79. The van der Waals surface area contributed by atoms with Gasteiger partial charge in [0.05, 0.1) is 0 Å². The molecule has 0 aliphatic rings. The molecule has 0 unspecified atom stereocenters. The van der Waals surface area contributed by atoms with Crippen molar-refractivity contribution in [1.29, 1.82) is 0 Å². The molecule has 0 saturated carbocycles. The van der Waals surface area contributed by atoms with Crippen molar-refractivity contribution in [3.05, 3.63) is 0 Å². The molecule has 0 saturated heterocycles. The summed E-state index contributed by atoms with van der Waals surface area (Å²) in [5.74, 6) is 0.223. The molecule has 0 aliphatic heterocycles. The molecule has 0 aromatic rings. The Labute approximate surface area is 143 Å². The molecule has 0 rings (SSSR count). The van der Waals surface area contributed by atoms with Gasteiger partial charge < -0.3 is 0 Å². The standard InChI is InChI=1S/C16H39GeNO2Si2/c1-10-17(11-2,12-3)15-13-14-16(19)18(21(4,5)6)20-22(7,8)9/h10-15H2,1-9H3. The second-order valence-electron chi connectivity index (χ2n) is 8.48. The van der Waals surface area contributed by atoms with E-state index in [1.807, 2.05) is 0 Å². The summed E-state index contributed by atoms with van der Waals surface area (Å²) >= 11 is -1.64. The average molecular weight is 406 g/mol. The van der Waals surface area contributed by atoms with Crippen LogP contribution < -0.4 is 0 Å². The molecular formula is C16H39GeNO2Si2. The average Bonchev–Trinajstić information content (AvgIpc) is 2.39. The molecule has 0 radical (unpaired) electrons. The monoisotopic (exact) mass is 407 g/mol. The van der Waals surface area contributed by atoms with Crippen molar-refractivity contribution in [2.24, 2.45) is 0 Å². The maximum absolute atomic E-state index is 12.7. The quantitative estimate of drug-likeness (QED) is 0.344. The number of hydrogen-bond acceptors (Lipinski definition) is 2. The molecule has 1 amide bonds. The van der Waals surface area contributed by atoms with Gasteiger partial charge in [-0.15, -0.1) is 0 Å². The second-order valence-corrected chi connectivity index (χ2v) is 29.4. The van der Waals surface area contributed by atoms with E-state index < -0.39 is 29.8 Å². The molecule has 22 heavy (non-hydrogen) atoms. The van der Waals surface area contributed by atoms with E-state index in [1.165, 1.54) is 21.0 Å². The Morgan fingerprint density at radius 1 is 0.955 bits per heavy atom. The fourth-order valence-electron chi connectivity index (χ4n) is 2.83. The Hall–Kier alpha value is 0.407. The van der Waals surface area contributed by atoms with Crippen molar-refractivity contribution in [3.63, 3.8) is 0 Å². The molecular weight excluding hydrogens is 367 g/mol. The van der Waals surface area contributed by atoms with Gasteiger partial charge in [-0.3, -0.25) is 0 Å². The third-order valence-corrected chi connectivity index (χ3v) is 19.4. The predicted molar refractivity (Wildman–Crippen MR) is 106 cm³/mol. The summed E-state index contributed by atoms with van der Waals surface area (Å²) in [4.78, 5) is 12.7. The fraction of sp³-hybridized carbons (Fsp3) is 0.938. The van der Waals surface area contributed by atoms with Crippen LogP contribution in [0.2, 0.25) is 60.3 Å². The van der Waals surface area contributed by atoms with Gasteiger partial charge in [0.1, 0.15) is 0 Å². The van der Waals surface area contributed by atoms with Crippen LogP contribution in [0, 0.1) is 0 Å². The Bertz CT molecular complexity index is 339. The van der Waals surface area contributed by atoms with E-state index in [2.05, 4.69) is 60.1 Å². The summed E-state index contributed by atoms with van der Waals surface area (Å²) in [7, 11) is -3.51. The maximum atomic E-state index is 12.7. The van der Waals surface area contributed by atoms with Crippen LogP contribution >= 0.6 is 0 Å². The Morgan fingerprint density at radius 3 is 1.73 bits per heavy atom. The van der Waals surface area contributed by atoms with Gasteiger partial charge in [-0.2, -0.15) is 0 Å². The van der Waals surface area contributed by atoms with Crippen LogP contribution in [0.15, 0.2) is 0 Å². The molecule has 3 nitrogen and oxygen atoms in total. The molecule has 0 N–H and O–H groups in total. The minimum atomic E-state index is -1.77. The van der Waals surface area contributed by atoms with Crippen LogP contribution in [-0.4, -0.2) is 40.5 Å². The van der Waals surface area contributed by atoms with Crippen molar-refractivity contribution in [2.75, 3.05) is 0 Å².